The third-order valence-electron chi connectivity index (χ3n) is 0.835. The van der Waals surface area contributed by atoms with Crippen LogP contribution in [0.15, 0.2) is 4.99 Å². The van der Waals surface area contributed by atoms with Crippen LogP contribution in [0.3, 0.4) is 0 Å². The van der Waals surface area contributed by atoms with E-state index in [1.165, 1.54) is 0 Å². The maximum absolute atomic E-state index is 10.0. The van der Waals surface area contributed by atoms with E-state index in [-0.39, 0.29) is 6.42 Å². The smallest absolute Gasteiger partial charge is 0.309 e. The van der Waals surface area contributed by atoms with Crippen molar-refractivity contribution in [1.82, 2.24) is 0 Å². The Labute approximate surface area is 54.4 Å². The Morgan fingerprint density at radius 3 is 2.56 bits per heavy atom. The van der Waals surface area contributed by atoms with Crippen molar-refractivity contribution in [3.8, 4) is 0 Å². The third-order valence-corrected chi connectivity index (χ3v) is 0.835. The van der Waals surface area contributed by atoms with Crippen LogP contribution in [0.1, 0.15) is 20.3 Å². The van der Waals surface area contributed by atoms with E-state index in [1.54, 1.807) is 6.92 Å². The maximum Gasteiger partial charge on any atom is 0.309 e. The number of rotatable bonds is 3. The number of carboxylic acid groups (broad SMARTS) is 1. The molecule has 0 saturated carbocycles. The Kier molecular flexibility index (Phi) is 3.67. The molecule has 3 nitrogen and oxygen atoms in total. The lowest BCUT2D eigenvalue weighted by molar-refractivity contribution is -0.135. The van der Waals surface area contributed by atoms with Crippen LogP contribution in [0.25, 0.3) is 0 Å². The van der Waals surface area contributed by atoms with Gasteiger partial charge in [0.2, 0.25) is 0 Å². The van der Waals surface area contributed by atoms with Gasteiger partial charge in [0.25, 0.3) is 0 Å². The van der Waals surface area contributed by atoms with Gasteiger partial charge >= 0.3 is 5.97 Å². The molecule has 0 radical (unpaired) electrons. The van der Waals surface area contributed by atoms with Crippen LogP contribution in [-0.4, -0.2) is 23.3 Å². The molecule has 0 aliphatic carbocycles. The molecule has 0 aromatic heterocycles. The molecule has 0 unspecified atom stereocenters. The number of hydrogen-bond donors (Lipinski definition) is 1. The predicted octanol–water partition coefficient (Wildman–Crippen LogP) is 0.942. The highest BCUT2D eigenvalue weighted by molar-refractivity contribution is 5.96. The molecule has 0 saturated heterocycles. The van der Waals surface area contributed by atoms with Crippen LogP contribution >= 0.6 is 0 Å². The van der Waals surface area contributed by atoms with Gasteiger partial charge in [0.15, 0.2) is 0 Å². The first-order valence-corrected chi connectivity index (χ1v) is 2.88. The van der Waals surface area contributed by atoms with E-state index in [0.29, 0.717) is 12.3 Å². The summed E-state index contributed by atoms with van der Waals surface area (Å²) < 4.78 is 0. The lowest BCUT2D eigenvalue weighted by atomic mass is 10.3. The van der Waals surface area contributed by atoms with Crippen LogP contribution in [0.5, 0.6) is 0 Å². The summed E-state index contributed by atoms with van der Waals surface area (Å²) in [4.78, 5) is 13.9. The van der Waals surface area contributed by atoms with Gasteiger partial charge in [-0.05, 0) is 13.8 Å². The molecule has 0 bridgehead atoms. The summed E-state index contributed by atoms with van der Waals surface area (Å²) >= 11 is 0. The predicted molar refractivity (Wildman–Crippen MR) is 35.9 cm³/mol. The van der Waals surface area contributed by atoms with Crippen LogP contribution in [0.2, 0.25) is 0 Å². The van der Waals surface area contributed by atoms with Crippen molar-refractivity contribution >= 4 is 11.7 Å². The highest BCUT2D eigenvalue weighted by Gasteiger charge is 1.97. The number of carboxylic acids is 1. The molecule has 9 heavy (non-hydrogen) atoms. The minimum atomic E-state index is -0.815. The zero-order valence-electron chi connectivity index (χ0n) is 5.72. The summed E-state index contributed by atoms with van der Waals surface area (Å²) in [5.41, 5.74) is 0.685. The fourth-order valence-corrected chi connectivity index (χ4v) is 0.545. The highest BCUT2D eigenvalue weighted by atomic mass is 16.4. The van der Waals surface area contributed by atoms with E-state index in [2.05, 4.69) is 4.99 Å². The molecule has 0 amide bonds. The molecule has 0 aromatic rings. The average Bonchev–Trinajstić information content (AvgIpc) is 1.63. The van der Waals surface area contributed by atoms with Crippen LogP contribution in [0, 0.1) is 0 Å². The molecule has 0 spiro atoms. The molecule has 0 atom stereocenters. The first kappa shape index (κ1) is 8.14. The summed E-state index contributed by atoms with van der Waals surface area (Å²) in [6.45, 7) is 4.27. The quantitative estimate of drug-likeness (QED) is 0.576. The number of hydrogen-bond acceptors (Lipinski definition) is 2. The third kappa shape index (κ3) is 5.00. The number of nitrogens with zero attached hydrogens (tertiary/aromatic N) is 1. The largest absolute Gasteiger partial charge is 0.481 e. The molecule has 1 N–H and O–H groups in total. The van der Waals surface area contributed by atoms with Crippen LogP contribution < -0.4 is 0 Å². The van der Waals surface area contributed by atoms with Crippen molar-refractivity contribution in [3.63, 3.8) is 0 Å². The molecule has 3 heteroatoms. The Hall–Kier alpha value is -0.860. The zero-order valence-corrected chi connectivity index (χ0v) is 5.72. The van der Waals surface area contributed by atoms with Crippen molar-refractivity contribution in [2.24, 2.45) is 4.99 Å². The monoisotopic (exact) mass is 129 g/mol. The first-order valence-electron chi connectivity index (χ1n) is 2.88. The lowest BCUT2D eigenvalue weighted by Gasteiger charge is -1.91. The van der Waals surface area contributed by atoms with Gasteiger partial charge in [0, 0.05) is 12.3 Å². The summed E-state index contributed by atoms with van der Waals surface area (Å²) in [6.07, 6.45) is 0.0633. The van der Waals surface area contributed by atoms with E-state index in [4.69, 9.17) is 5.11 Å². The molecular weight excluding hydrogens is 118 g/mol. The Morgan fingerprint density at radius 1 is 1.67 bits per heavy atom. The fourth-order valence-electron chi connectivity index (χ4n) is 0.545. The summed E-state index contributed by atoms with van der Waals surface area (Å²) in [6, 6.07) is 0. The summed E-state index contributed by atoms with van der Waals surface area (Å²) in [5, 5.41) is 8.23. The molecule has 0 aliphatic rings. The fraction of sp³-hybridized carbons (Fsp3) is 0.667. The van der Waals surface area contributed by atoms with Crippen LogP contribution in [-0.2, 0) is 4.79 Å². The second-order valence-electron chi connectivity index (χ2n) is 1.78. The Morgan fingerprint density at radius 2 is 2.22 bits per heavy atom. The molecule has 0 aliphatic heterocycles. The van der Waals surface area contributed by atoms with Gasteiger partial charge in [-0.15, -0.1) is 0 Å². The molecule has 0 rings (SSSR count). The Balaban J connectivity index is 3.62. The SMILES string of the molecule is CCN=C(C)CC(=O)O. The molecular formula is C6H11NO2. The first-order chi connectivity index (χ1) is 4.16. The molecule has 52 valence electrons. The van der Waals surface area contributed by atoms with Crippen molar-refractivity contribution in [2.45, 2.75) is 20.3 Å². The minimum Gasteiger partial charge on any atom is -0.481 e. The number of aliphatic carboxylic acids is 1. The maximum atomic E-state index is 10.0. The highest BCUT2D eigenvalue weighted by Crippen LogP contribution is 1.85. The number of carbonyl (C=O) groups is 1. The van der Waals surface area contributed by atoms with Crippen LogP contribution in [0.4, 0.5) is 0 Å². The summed E-state index contributed by atoms with van der Waals surface area (Å²) in [5.74, 6) is -0.815. The van der Waals surface area contributed by atoms with E-state index in [9.17, 15) is 4.79 Å². The standard InChI is InChI=1S/C6H11NO2/c1-3-7-5(2)4-6(8)9/h3-4H2,1-2H3,(H,8,9). The molecule has 0 heterocycles. The van der Waals surface area contributed by atoms with Gasteiger partial charge in [-0.3, -0.25) is 9.79 Å². The minimum absolute atomic E-state index is 0.0633. The second kappa shape index (κ2) is 4.06. The van der Waals surface area contributed by atoms with Gasteiger partial charge in [-0.1, -0.05) is 0 Å². The topological polar surface area (TPSA) is 49.7 Å². The normalized spacial score (nSPS) is 11.6. The van der Waals surface area contributed by atoms with Crippen molar-refractivity contribution in [1.29, 1.82) is 0 Å². The Bertz CT molecular complexity index is 129. The van der Waals surface area contributed by atoms with Crippen molar-refractivity contribution in [3.05, 3.63) is 0 Å². The van der Waals surface area contributed by atoms with Gasteiger partial charge < -0.3 is 5.11 Å². The zero-order chi connectivity index (χ0) is 7.28. The van der Waals surface area contributed by atoms with E-state index >= 15 is 0 Å². The summed E-state index contributed by atoms with van der Waals surface area (Å²) in [7, 11) is 0. The van der Waals surface area contributed by atoms with E-state index < -0.39 is 5.97 Å². The molecule has 0 fully saturated rings. The van der Waals surface area contributed by atoms with Gasteiger partial charge in [0.05, 0.1) is 6.42 Å². The van der Waals surface area contributed by atoms with Crippen molar-refractivity contribution in [2.75, 3.05) is 6.54 Å². The molecule has 0 aromatic carbocycles. The average molecular weight is 129 g/mol. The van der Waals surface area contributed by atoms with E-state index in [0.717, 1.165) is 0 Å². The van der Waals surface area contributed by atoms with E-state index in [1.807, 2.05) is 6.92 Å². The number of aliphatic imine (C=N–C) groups is 1. The van der Waals surface area contributed by atoms with Gasteiger partial charge in [0.1, 0.15) is 0 Å². The van der Waals surface area contributed by atoms with Crippen molar-refractivity contribution < 1.29 is 9.90 Å². The van der Waals surface area contributed by atoms with Gasteiger partial charge in [-0.25, -0.2) is 0 Å². The second-order valence-corrected chi connectivity index (χ2v) is 1.78. The lowest BCUT2D eigenvalue weighted by Crippen LogP contribution is -2.02. The van der Waals surface area contributed by atoms with Gasteiger partial charge in [-0.2, -0.15) is 0 Å².